The van der Waals surface area contributed by atoms with E-state index in [1.807, 2.05) is 53.1 Å². The third kappa shape index (κ3) is 3.92. The quantitative estimate of drug-likeness (QED) is 0.383. The van der Waals surface area contributed by atoms with E-state index in [0.29, 0.717) is 17.9 Å². The van der Waals surface area contributed by atoms with Crippen molar-refractivity contribution in [1.29, 1.82) is 0 Å². The van der Waals surface area contributed by atoms with Gasteiger partial charge in [-0.1, -0.05) is 24.3 Å². The highest BCUT2D eigenvalue weighted by Crippen LogP contribution is 2.25. The van der Waals surface area contributed by atoms with Crippen LogP contribution in [0.2, 0.25) is 0 Å². The van der Waals surface area contributed by atoms with E-state index < -0.39 is 5.97 Å². The van der Waals surface area contributed by atoms with Gasteiger partial charge in [-0.3, -0.25) is 9.08 Å². The summed E-state index contributed by atoms with van der Waals surface area (Å²) in [5, 5.41) is 16.8. The van der Waals surface area contributed by atoms with Crippen LogP contribution in [0.25, 0.3) is 28.2 Å². The maximum Gasteiger partial charge on any atom is 0.354 e. The van der Waals surface area contributed by atoms with Gasteiger partial charge in [-0.25, -0.2) is 19.7 Å². The van der Waals surface area contributed by atoms with Gasteiger partial charge in [0.1, 0.15) is 23.5 Å². The van der Waals surface area contributed by atoms with E-state index in [2.05, 4.69) is 25.4 Å². The number of methoxy groups -OCH3 is 1. The maximum absolute atomic E-state index is 11.5. The lowest BCUT2D eigenvalue weighted by atomic mass is 10.0. The average Bonchev–Trinajstić information content (AvgIpc) is 3.46. The molecular formula is C24H21N7O3. The second-order valence-electron chi connectivity index (χ2n) is 7.61. The van der Waals surface area contributed by atoms with Crippen LogP contribution in [0.3, 0.4) is 0 Å². The maximum atomic E-state index is 11.5. The highest BCUT2D eigenvalue weighted by molar-refractivity contribution is 5.94. The fourth-order valence-electron chi connectivity index (χ4n) is 3.77. The zero-order chi connectivity index (χ0) is 23.7. The molecule has 0 atom stereocenters. The first-order valence-corrected chi connectivity index (χ1v) is 10.5. The number of ether oxygens (including phenoxy) is 1. The van der Waals surface area contributed by atoms with E-state index in [0.717, 1.165) is 33.9 Å². The van der Waals surface area contributed by atoms with E-state index >= 15 is 0 Å². The van der Waals surface area contributed by atoms with Crippen molar-refractivity contribution in [3.8, 4) is 28.3 Å². The van der Waals surface area contributed by atoms with Crippen molar-refractivity contribution < 1.29 is 14.6 Å². The summed E-state index contributed by atoms with van der Waals surface area (Å²) in [6, 6.07) is 13.3. The van der Waals surface area contributed by atoms with E-state index in [4.69, 9.17) is 4.74 Å². The second kappa shape index (κ2) is 8.66. The zero-order valence-corrected chi connectivity index (χ0v) is 18.5. The Kier molecular flexibility index (Phi) is 5.38. The molecule has 2 N–H and O–H groups in total. The molecule has 170 valence electrons. The van der Waals surface area contributed by atoms with Crippen LogP contribution in [0.15, 0.2) is 67.4 Å². The fourth-order valence-corrected chi connectivity index (χ4v) is 3.77. The van der Waals surface area contributed by atoms with Crippen molar-refractivity contribution in [3.63, 3.8) is 0 Å². The molecule has 1 aromatic carbocycles. The number of aromatic nitrogens is 6. The van der Waals surface area contributed by atoms with E-state index in [1.54, 1.807) is 26.6 Å². The van der Waals surface area contributed by atoms with Crippen molar-refractivity contribution in [2.75, 3.05) is 12.4 Å². The molecule has 4 aromatic heterocycles. The number of imidazole rings is 1. The van der Waals surface area contributed by atoms with Crippen molar-refractivity contribution >= 4 is 17.4 Å². The Morgan fingerprint density at radius 3 is 2.68 bits per heavy atom. The molecule has 0 aliphatic rings. The number of carboxylic acids is 1. The Bertz CT molecular complexity index is 1490. The molecule has 34 heavy (non-hydrogen) atoms. The first-order valence-electron chi connectivity index (χ1n) is 10.5. The molecule has 0 bridgehead atoms. The first kappa shape index (κ1) is 21.1. The van der Waals surface area contributed by atoms with Gasteiger partial charge in [-0.05, 0) is 17.2 Å². The highest BCUT2D eigenvalue weighted by atomic mass is 16.5. The van der Waals surface area contributed by atoms with Gasteiger partial charge in [0.25, 0.3) is 0 Å². The molecule has 5 rings (SSSR count). The fraction of sp³-hybridized carbons (Fsp3) is 0.125. The summed E-state index contributed by atoms with van der Waals surface area (Å²) in [5.74, 6) is 0.409. The normalized spacial score (nSPS) is 11.0. The number of pyridine rings is 1. The van der Waals surface area contributed by atoms with Gasteiger partial charge >= 0.3 is 5.97 Å². The lowest BCUT2D eigenvalue weighted by Gasteiger charge is -2.08. The van der Waals surface area contributed by atoms with Crippen LogP contribution in [0.5, 0.6) is 5.75 Å². The molecule has 0 radical (unpaired) electrons. The first-order chi connectivity index (χ1) is 16.5. The number of hydrogen-bond donors (Lipinski definition) is 2. The minimum Gasteiger partial charge on any atom is -0.497 e. The molecule has 0 unspecified atom stereocenters. The topological polar surface area (TPSA) is 119 Å². The lowest BCUT2D eigenvalue weighted by molar-refractivity contribution is 0.0686. The summed E-state index contributed by atoms with van der Waals surface area (Å²) in [7, 11) is 3.24. The Morgan fingerprint density at radius 1 is 1.09 bits per heavy atom. The van der Waals surface area contributed by atoms with Crippen molar-refractivity contribution in [3.05, 3.63) is 78.6 Å². The number of fused-ring (bicyclic) bond motifs is 1. The summed E-state index contributed by atoms with van der Waals surface area (Å²) in [5.41, 5.74) is 4.91. The molecule has 4 heterocycles. The largest absolute Gasteiger partial charge is 0.497 e. The SMILES string of the molecule is COc1ccn2c(-c3cc(NCc4ccc(-c5cnn(C)c5C(=O)O)cc4)ncn3)cnc2c1. The molecular weight excluding hydrogens is 434 g/mol. The van der Waals surface area contributed by atoms with Crippen LogP contribution in [0, 0.1) is 0 Å². The van der Waals surface area contributed by atoms with Crippen LogP contribution < -0.4 is 10.1 Å². The third-order valence-electron chi connectivity index (χ3n) is 5.53. The van der Waals surface area contributed by atoms with Crippen LogP contribution in [-0.4, -0.2) is 47.3 Å². The Labute approximate surface area is 194 Å². The van der Waals surface area contributed by atoms with Gasteiger partial charge in [0.2, 0.25) is 0 Å². The number of benzene rings is 1. The van der Waals surface area contributed by atoms with E-state index in [-0.39, 0.29) is 5.69 Å². The average molecular weight is 455 g/mol. The summed E-state index contributed by atoms with van der Waals surface area (Å²) in [6.07, 6.45) is 6.74. The Balaban J connectivity index is 1.32. The van der Waals surface area contributed by atoms with E-state index in [1.165, 1.54) is 11.0 Å². The number of aryl methyl sites for hydroxylation is 1. The summed E-state index contributed by atoms with van der Waals surface area (Å²) in [4.78, 5) is 24.7. The van der Waals surface area contributed by atoms with E-state index in [9.17, 15) is 9.90 Å². The molecule has 10 heteroatoms. The number of anilines is 1. The minimum absolute atomic E-state index is 0.158. The van der Waals surface area contributed by atoms with Gasteiger partial charge in [0, 0.05) is 37.5 Å². The van der Waals surface area contributed by atoms with Crippen LogP contribution in [0.4, 0.5) is 5.82 Å². The molecule has 0 saturated carbocycles. The summed E-state index contributed by atoms with van der Waals surface area (Å²) < 4.78 is 8.56. The molecule has 0 aliphatic carbocycles. The van der Waals surface area contributed by atoms with Crippen LogP contribution in [-0.2, 0) is 13.6 Å². The molecule has 0 spiro atoms. The Hall–Kier alpha value is -4.73. The van der Waals surface area contributed by atoms with Crippen LogP contribution >= 0.6 is 0 Å². The monoisotopic (exact) mass is 455 g/mol. The predicted octanol–water partition coefficient (Wildman–Crippen LogP) is 3.51. The minimum atomic E-state index is -1.01. The third-order valence-corrected chi connectivity index (χ3v) is 5.53. The smallest absolute Gasteiger partial charge is 0.354 e. The number of nitrogens with one attached hydrogen (secondary N) is 1. The molecule has 10 nitrogen and oxygen atoms in total. The van der Waals surface area contributed by atoms with Gasteiger partial charge in [0.05, 0.1) is 30.9 Å². The molecule has 0 amide bonds. The number of carbonyl (C=O) groups is 1. The summed E-state index contributed by atoms with van der Waals surface area (Å²) in [6.45, 7) is 0.542. The van der Waals surface area contributed by atoms with Gasteiger partial charge in [0.15, 0.2) is 5.69 Å². The lowest BCUT2D eigenvalue weighted by Crippen LogP contribution is -2.06. The number of aromatic carboxylic acids is 1. The van der Waals surface area contributed by atoms with Crippen molar-refractivity contribution in [2.24, 2.45) is 7.05 Å². The number of carboxylic acid groups (broad SMARTS) is 1. The predicted molar refractivity (Wildman–Crippen MR) is 126 cm³/mol. The Morgan fingerprint density at radius 2 is 1.91 bits per heavy atom. The molecule has 5 aromatic rings. The highest BCUT2D eigenvalue weighted by Gasteiger charge is 2.17. The van der Waals surface area contributed by atoms with Crippen LogP contribution in [0.1, 0.15) is 16.1 Å². The molecule has 0 saturated heterocycles. The van der Waals surface area contributed by atoms with Gasteiger partial charge < -0.3 is 15.2 Å². The number of rotatable bonds is 7. The number of nitrogens with zero attached hydrogens (tertiary/aromatic N) is 6. The van der Waals surface area contributed by atoms with Crippen molar-refractivity contribution in [1.82, 2.24) is 29.1 Å². The summed E-state index contributed by atoms with van der Waals surface area (Å²) >= 11 is 0. The molecule has 0 fully saturated rings. The van der Waals surface area contributed by atoms with Gasteiger partial charge in [-0.15, -0.1) is 0 Å². The van der Waals surface area contributed by atoms with Crippen molar-refractivity contribution in [2.45, 2.75) is 6.54 Å². The standard InChI is InChI=1S/C24H21N7O3/c1-30-23(24(32)33)18(12-29-30)16-5-3-15(4-6-16)11-25-21-10-19(27-14-28-21)20-13-26-22-9-17(34-2)7-8-31(20)22/h3-10,12-14H,11H2,1-2H3,(H,32,33)(H,25,27,28). The second-order valence-corrected chi connectivity index (χ2v) is 7.61. The number of hydrogen-bond acceptors (Lipinski definition) is 7. The van der Waals surface area contributed by atoms with Gasteiger partial charge in [-0.2, -0.15) is 5.10 Å². The molecule has 0 aliphatic heterocycles. The zero-order valence-electron chi connectivity index (χ0n) is 18.5.